The van der Waals surface area contributed by atoms with Crippen LogP contribution in [0.1, 0.15) is 25.3 Å². The summed E-state index contributed by atoms with van der Waals surface area (Å²) in [6.07, 6.45) is 0.934. The third-order valence-electron chi connectivity index (χ3n) is 4.10. The Morgan fingerprint density at radius 3 is 2.62 bits per heavy atom. The maximum absolute atomic E-state index is 11.7. The first-order chi connectivity index (χ1) is 11.6. The van der Waals surface area contributed by atoms with E-state index >= 15 is 0 Å². The first-order valence-electron chi connectivity index (χ1n) is 8.32. The molecule has 1 aliphatic heterocycles. The van der Waals surface area contributed by atoms with E-state index in [-0.39, 0.29) is 18.5 Å². The van der Waals surface area contributed by atoms with Crippen LogP contribution in [0.3, 0.4) is 0 Å². The third kappa shape index (κ3) is 5.52. The number of hydrogen-bond acceptors (Lipinski definition) is 6. The summed E-state index contributed by atoms with van der Waals surface area (Å²) < 4.78 is 10.6. The first-order valence-corrected chi connectivity index (χ1v) is 8.32. The average molecular weight is 332 g/mol. The predicted molar refractivity (Wildman–Crippen MR) is 88.5 cm³/mol. The predicted octanol–water partition coefficient (Wildman–Crippen LogP) is 1.57. The van der Waals surface area contributed by atoms with Gasteiger partial charge in [-0.05, 0) is 57.1 Å². The van der Waals surface area contributed by atoms with E-state index in [1.54, 1.807) is 24.3 Å². The van der Waals surface area contributed by atoms with Crippen molar-refractivity contribution in [2.24, 2.45) is 5.92 Å². The molecule has 1 aromatic rings. The lowest BCUT2D eigenvalue weighted by Crippen LogP contribution is -2.42. The number of ether oxygens (including phenoxy) is 2. The zero-order chi connectivity index (χ0) is 17.4. The van der Waals surface area contributed by atoms with Gasteiger partial charge in [0.2, 0.25) is 0 Å². The van der Waals surface area contributed by atoms with Crippen molar-refractivity contribution in [2.75, 3.05) is 32.8 Å². The summed E-state index contributed by atoms with van der Waals surface area (Å²) in [5, 5.41) is 18.9. The van der Waals surface area contributed by atoms with Crippen LogP contribution in [0.25, 0.3) is 0 Å². The van der Waals surface area contributed by atoms with Crippen LogP contribution in [0.4, 0.5) is 0 Å². The molecule has 130 valence electrons. The van der Waals surface area contributed by atoms with Crippen LogP contribution in [-0.2, 0) is 9.53 Å². The van der Waals surface area contributed by atoms with Gasteiger partial charge in [0, 0.05) is 6.54 Å². The second-order valence-corrected chi connectivity index (χ2v) is 5.93. The fourth-order valence-corrected chi connectivity index (χ4v) is 2.78. The molecule has 24 heavy (non-hydrogen) atoms. The number of nitrogens with zero attached hydrogens (tertiary/aromatic N) is 2. The molecule has 2 rings (SSSR count). The van der Waals surface area contributed by atoms with E-state index in [1.165, 1.54) is 0 Å². The summed E-state index contributed by atoms with van der Waals surface area (Å²) in [6.45, 7) is 4.51. The number of esters is 1. The summed E-state index contributed by atoms with van der Waals surface area (Å²) in [4.78, 5) is 13.8. The van der Waals surface area contributed by atoms with Gasteiger partial charge in [-0.3, -0.25) is 4.79 Å². The monoisotopic (exact) mass is 332 g/mol. The first kappa shape index (κ1) is 18.2. The number of aliphatic hydroxyl groups is 1. The van der Waals surface area contributed by atoms with Gasteiger partial charge in [-0.15, -0.1) is 0 Å². The molecule has 1 aromatic carbocycles. The van der Waals surface area contributed by atoms with Crippen LogP contribution < -0.4 is 4.74 Å². The lowest BCUT2D eigenvalue weighted by Gasteiger charge is -2.32. The Labute approximate surface area is 142 Å². The van der Waals surface area contributed by atoms with Gasteiger partial charge in [0.15, 0.2) is 0 Å². The van der Waals surface area contributed by atoms with E-state index in [0.29, 0.717) is 24.5 Å². The van der Waals surface area contributed by atoms with Crippen LogP contribution >= 0.6 is 0 Å². The van der Waals surface area contributed by atoms with Crippen molar-refractivity contribution in [3.05, 3.63) is 29.8 Å². The lowest BCUT2D eigenvalue weighted by atomic mass is 9.97. The molecular weight excluding hydrogens is 308 g/mol. The minimum absolute atomic E-state index is 0.0201. The number of likely N-dealkylation sites (tertiary alicyclic amines) is 1. The van der Waals surface area contributed by atoms with Crippen molar-refractivity contribution in [1.82, 2.24) is 4.90 Å². The standard InChI is InChI=1S/C18H24N2O4/c1-2-23-18(22)15-7-9-20(10-8-15)12-16(21)13-24-17-5-3-14(11-19)4-6-17/h3-6,15-16,21H,2,7-10,12-13H2,1H3/t16-/m1/s1. The van der Waals surface area contributed by atoms with Crippen LogP contribution in [0.2, 0.25) is 0 Å². The van der Waals surface area contributed by atoms with Crippen molar-refractivity contribution in [3.63, 3.8) is 0 Å². The molecule has 0 bridgehead atoms. The third-order valence-corrected chi connectivity index (χ3v) is 4.10. The fourth-order valence-electron chi connectivity index (χ4n) is 2.78. The van der Waals surface area contributed by atoms with Crippen LogP contribution in [0, 0.1) is 17.2 Å². The molecule has 1 aliphatic rings. The van der Waals surface area contributed by atoms with Gasteiger partial charge >= 0.3 is 5.97 Å². The highest BCUT2D eigenvalue weighted by molar-refractivity contribution is 5.72. The molecular formula is C18H24N2O4. The summed E-state index contributed by atoms with van der Waals surface area (Å²) in [6, 6.07) is 8.85. The van der Waals surface area contributed by atoms with Crippen LogP contribution in [-0.4, -0.2) is 54.9 Å². The van der Waals surface area contributed by atoms with Crippen molar-refractivity contribution in [3.8, 4) is 11.8 Å². The molecule has 0 amide bonds. The molecule has 0 aliphatic carbocycles. The number of carbonyl (C=O) groups is 1. The maximum atomic E-state index is 11.7. The Bertz CT molecular complexity index is 559. The van der Waals surface area contributed by atoms with Gasteiger partial charge in [-0.2, -0.15) is 5.26 Å². The second kappa shape index (κ2) is 9.26. The number of nitriles is 1. The Hall–Kier alpha value is -2.10. The topological polar surface area (TPSA) is 82.8 Å². The van der Waals surface area contributed by atoms with Gasteiger partial charge in [0.05, 0.1) is 24.2 Å². The molecule has 6 heteroatoms. The molecule has 1 N–H and O–H groups in total. The van der Waals surface area contributed by atoms with Crippen molar-refractivity contribution in [2.45, 2.75) is 25.9 Å². The molecule has 1 atom stereocenters. The molecule has 1 saturated heterocycles. The Morgan fingerprint density at radius 1 is 1.38 bits per heavy atom. The van der Waals surface area contributed by atoms with E-state index in [2.05, 4.69) is 4.90 Å². The van der Waals surface area contributed by atoms with Gasteiger partial charge < -0.3 is 19.5 Å². The van der Waals surface area contributed by atoms with E-state index in [9.17, 15) is 9.90 Å². The Morgan fingerprint density at radius 2 is 2.04 bits per heavy atom. The quantitative estimate of drug-likeness (QED) is 0.763. The smallest absolute Gasteiger partial charge is 0.309 e. The second-order valence-electron chi connectivity index (χ2n) is 5.93. The fraction of sp³-hybridized carbons (Fsp3) is 0.556. The number of β-amino-alcohol motifs (C(OH)–C–C–N with tert-alkyl or cyclic N) is 1. The van der Waals surface area contributed by atoms with Crippen molar-refractivity contribution in [1.29, 1.82) is 5.26 Å². The zero-order valence-corrected chi connectivity index (χ0v) is 14.0. The molecule has 0 unspecified atom stereocenters. The largest absolute Gasteiger partial charge is 0.491 e. The SMILES string of the molecule is CCOC(=O)C1CCN(C[C@@H](O)COc2ccc(C#N)cc2)CC1. The molecule has 0 saturated carbocycles. The summed E-state index contributed by atoms with van der Waals surface area (Å²) in [5.74, 6) is 0.504. The van der Waals surface area contributed by atoms with E-state index in [4.69, 9.17) is 14.7 Å². The Balaban J connectivity index is 1.68. The van der Waals surface area contributed by atoms with Crippen molar-refractivity contribution < 1.29 is 19.4 Å². The van der Waals surface area contributed by atoms with Gasteiger partial charge in [-0.25, -0.2) is 0 Å². The number of aliphatic hydroxyl groups excluding tert-OH is 1. The minimum Gasteiger partial charge on any atom is -0.491 e. The number of rotatable bonds is 7. The van der Waals surface area contributed by atoms with E-state index < -0.39 is 6.10 Å². The summed E-state index contributed by atoms with van der Waals surface area (Å²) in [7, 11) is 0. The highest BCUT2D eigenvalue weighted by atomic mass is 16.5. The van der Waals surface area contributed by atoms with Gasteiger partial charge in [0.1, 0.15) is 18.5 Å². The average Bonchev–Trinajstić information content (AvgIpc) is 2.61. The molecule has 0 spiro atoms. The molecule has 1 heterocycles. The van der Waals surface area contributed by atoms with Crippen LogP contribution in [0.5, 0.6) is 5.75 Å². The number of benzene rings is 1. The number of hydrogen-bond donors (Lipinski definition) is 1. The van der Waals surface area contributed by atoms with Gasteiger partial charge in [0.25, 0.3) is 0 Å². The number of piperidine rings is 1. The lowest BCUT2D eigenvalue weighted by molar-refractivity contribution is -0.149. The molecule has 0 radical (unpaired) electrons. The number of carbonyl (C=O) groups excluding carboxylic acids is 1. The van der Waals surface area contributed by atoms with E-state index in [1.807, 2.05) is 13.0 Å². The van der Waals surface area contributed by atoms with Crippen molar-refractivity contribution >= 4 is 5.97 Å². The normalized spacial score (nSPS) is 17.0. The highest BCUT2D eigenvalue weighted by Gasteiger charge is 2.26. The molecule has 0 aromatic heterocycles. The Kier molecular flexibility index (Phi) is 7.04. The summed E-state index contributed by atoms with van der Waals surface area (Å²) in [5.41, 5.74) is 0.576. The zero-order valence-electron chi connectivity index (χ0n) is 14.0. The van der Waals surface area contributed by atoms with E-state index in [0.717, 1.165) is 25.9 Å². The van der Waals surface area contributed by atoms with Crippen LogP contribution in [0.15, 0.2) is 24.3 Å². The van der Waals surface area contributed by atoms with Gasteiger partial charge in [-0.1, -0.05) is 0 Å². The minimum atomic E-state index is -0.597. The summed E-state index contributed by atoms with van der Waals surface area (Å²) >= 11 is 0. The molecule has 6 nitrogen and oxygen atoms in total. The maximum Gasteiger partial charge on any atom is 0.309 e. The molecule has 1 fully saturated rings. The highest BCUT2D eigenvalue weighted by Crippen LogP contribution is 2.19.